The molecular formula is C25H42N4O4Si2. The molecule has 0 saturated heterocycles. The number of fused-ring (bicyclic) bond motifs is 3. The van der Waals surface area contributed by atoms with Crippen LogP contribution in [0.3, 0.4) is 0 Å². The highest BCUT2D eigenvalue weighted by Crippen LogP contribution is 2.53. The zero-order valence-electron chi connectivity index (χ0n) is 23.4. The number of methoxy groups -OCH3 is 1. The fraction of sp³-hybridized carbons (Fsp3) is 0.680. The van der Waals surface area contributed by atoms with Crippen molar-refractivity contribution in [3.63, 3.8) is 0 Å². The Balaban J connectivity index is 2.42. The Morgan fingerprint density at radius 2 is 1.51 bits per heavy atom. The molecule has 2 heterocycles. The molecule has 0 radical (unpaired) electrons. The van der Waals surface area contributed by atoms with Crippen molar-refractivity contribution < 1.29 is 18.7 Å². The van der Waals surface area contributed by atoms with Gasteiger partial charge in [-0.1, -0.05) is 46.7 Å². The van der Waals surface area contributed by atoms with Crippen LogP contribution in [0.15, 0.2) is 11.2 Å². The van der Waals surface area contributed by atoms with Crippen molar-refractivity contribution in [2.24, 2.45) is 5.11 Å². The first-order chi connectivity index (χ1) is 15.9. The minimum absolute atomic E-state index is 0.0110. The number of hydrogen-bond acceptors (Lipinski definition) is 5. The van der Waals surface area contributed by atoms with Gasteiger partial charge < -0.3 is 23.3 Å². The Hall–Kier alpha value is -2.14. The zero-order chi connectivity index (χ0) is 26.7. The van der Waals surface area contributed by atoms with E-state index in [-0.39, 0.29) is 10.1 Å². The van der Waals surface area contributed by atoms with Crippen molar-refractivity contribution in [3.05, 3.63) is 27.8 Å². The smallest absolute Gasteiger partial charge is 0.250 e. The van der Waals surface area contributed by atoms with Gasteiger partial charge in [0.25, 0.3) is 16.6 Å². The number of aliphatic hydroxyl groups excluding tert-OH is 1. The number of aromatic nitrogens is 1. The zero-order valence-corrected chi connectivity index (χ0v) is 25.4. The molecule has 1 aromatic carbocycles. The van der Waals surface area contributed by atoms with Crippen LogP contribution in [0.4, 0.5) is 0 Å². The SMILES string of the molecule is COc1c(C)c(O[Si](C)(C)C(C)(C)C)c2c(cc3n2C[C@@H](O)[C@@H]3N=[N+]=[N-])c1O[Si](C)(C)C(C)(C)C. The summed E-state index contributed by atoms with van der Waals surface area (Å²) >= 11 is 0. The highest BCUT2D eigenvalue weighted by atomic mass is 28.4. The summed E-state index contributed by atoms with van der Waals surface area (Å²) in [6.45, 7) is 24.4. The summed E-state index contributed by atoms with van der Waals surface area (Å²) in [6, 6.07) is 1.31. The molecule has 10 heteroatoms. The summed E-state index contributed by atoms with van der Waals surface area (Å²) < 4.78 is 21.8. The Morgan fingerprint density at radius 3 is 1.97 bits per heavy atom. The molecule has 2 aromatic rings. The molecule has 1 aliphatic heterocycles. The lowest BCUT2D eigenvalue weighted by Gasteiger charge is -2.39. The minimum atomic E-state index is -2.23. The monoisotopic (exact) mass is 518 g/mol. The van der Waals surface area contributed by atoms with Gasteiger partial charge in [-0.3, -0.25) is 0 Å². The van der Waals surface area contributed by atoms with E-state index in [1.165, 1.54) is 0 Å². The van der Waals surface area contributed by atoms with Gasteiger partial charge >= 0.3 is 0 Å². The molecular weight excluding hydrogens is 476 g/mol. The van der Waals surface area contributed by atoms with Gasteiger partial charge in [-0.15, -0.1) is 0 Å². The van der Waals surface area contributed by atoms with Gasteiger partial charge in [0.05, 0.1) is 18.7 Å². The van der Waals surface area contributed by atoms with Crippen molar-refractivity contribution in [1.29, 1.82) is 0 Å². The molecule has 194 valence electrons. The first-order valence-electron chi connectivity index (χ1n) is 12.2. The summed E-state index contributed by atoms with van der Waals surface area (Å²) in [6.07, 6.45) is -0.793. The van der Waals surface area contributed by atoms with Crippen LogP contribution in [0.5, 0.6) is 17.2 Å². The average molecular weight is 519 g/mol. The van der Waals surface area contributed by atoms with Crippen LogP contribution < -0.4 is 13.6 Å². The summed E-state index contributed by atoms with van der Waals surface area (Å²) in [5, 5.41) is 15.5. The van der Waals surface area contributed by atoms with E-state index in [4.69, 9.17) is 19.1 Å². The van der Waals surface area contributed by atoms with Crippen molar-refractivity contribution in [2.75, 3.05) is 7.11 Å². The van der Waals surface area contributed by atoms with E-state index in [9.17, 15) is 5.11 Å². The fourth-order valence-electron chi connectivity index (χ4n) is 3.97. The average Bonchev–Trinajstić information content (AvgIpc) is 3.19. The largest absolute Gasteiger partial charge is 0.542 e. The van der Waals surface area contributed by atoms with E-state index in [1.54, 1.807) is 7.11 Å². The van der Waals surface area contributed by atoms with Gasteiger partial charge in [0.2, 0.25) is 0 Å². The topological polar surface area (TPSA) is 102 Å². The Bertz CT molecular complexity index is 1190. The van der Waals surface area contributed by atoms with Gasteiger partial charge in [-0.25, -0.2) is 0 Å². The first kappa shape index (κ1) is 27.5. The maximum atomic E-state index is 10.7. The highest BCUT2D eigenvalue weighted by Gasteiger charge is 2.44. The number of hydrogen-bond donors (Lipinski definition) is 1. The maximum absolute atomic E-state index is 10.7. The molecule has 2 atom stereocenters. The molecule has 0 fully saturated rings. The second kappa shape index (κ2) is 8.76. The van der Waals surface area contributed by atoms with Crippen LogP contribution in [0.2, 0.25) is 36.3 Å². The van der Waals surface area contributed by atoms with Crippen LogP contribution in [-0.4, -0.2) is 39.5 Å². The van der Waals surface area contributed by atoms with Crippen molar-refractivity contribution >= 4 is 27.5 Å². The van der Waals surface area contributed by atoms with Crippen molar-refractivity contribution in [2.45, 2.75) is 103 Å². The lowest BCUT2D eigenvalue weighted by Crippen LogP contribution is -2.44. The maximum Gasteiger partial charge on any atom is 0.250 e. The second-order valence-corrected chi connectivity index (χ2v) is 22.1. The predicted molar refractivity (Wildman–Crippen MR) is 147 cm³/mol. The number of ether oxygens (including phenoxy) is 1. The number of rotatable bonds is 6. The van der Waals surface area contributed by atoms with Gasteiger partial charge in [-0.2, -0.15) is 0 Å². The number of benzene rings is 1. The third kappa shape index (κ3) is 4.57. The number of nitrogens with zero attached hydrogens (tertiary/aromatic N) is 4. The molecule has 8 nitrogen and oxygen atoms in total. The standard InChI is InChI=1S/C25H42N4O4Si2/c1-15-21(32-34(9,10)24(2,3)4)20-16(13-17-19(27-28-26)18(30)14-29(17)20)23(22(15)31-8)33-35(11,12)25(5,6)7/h13,18-19,30H,14H2,1-12H3/t18-,19-/m1/s1. The summed E-state index contributed by atoms with van der Waals surface area (Å²) in [4.78, 5) is 2.99. The molecule has 35 heavy (non-hydrogen) atoms. The third-order valence-electron chi connectivity index (χ3n) is 8.22. The summed E-state index contributed by atoms with van der Waals surface area (Å²) in [5.74, 6) is 2.12. The van der Waals surface area contributed by atoms with E-state index >= 15 is 0 Å². The first-order valence-corrected chi connectivity index (χ1v) is 18.0. The van der Waals surface area contributed by atoms with E-state index in [2.05, 4.69) is 77.8 Å². The van der Waals surface area contributed by atoms with E-state index in [0.717, 1.165) is 27.9 Å². The quantitative estimate of drug-likeness (QED) is 0.186. The van der Waals surface area contributed by atoms with Crippen LogP contribution in [0, 0.1) is 6.92 Å². The molecule has 1 N–H and O–H groups in total. The molecule has 1 aliphatic rings. The predicted octanol–water partition coefficient (Wildman–Crippen LogP) is 7.45. The van der Waals surface area contributed by atoms with Gasteiger partial charge in [0.1, 0.15) is 11.8 Å². The van der Waals surface area contributed by atoms with E-state index < -0.39 is 28.8 Å². The minimum Gasteiger partial charge on any atom is -0.542 e. The summed E-state index contributed by atoms with van der Waals surface area (Å²) in [7, 11) is -2.79. The Labute approximate surface area is 211 Å². The normalized spacial score (nSPS) is 18.9. The van der Waals surface area contributed by atoms with Crippen LogP contribution in [0.25, 0.3) is 21.3 Å². The lowest BCUT2D eigenvalue weighted by atomic mass is 10.1. The van der Waals surface area contributed by atoms with Crippen molar-refractivity contribution in [3.8, 4) is 17.2 Å². The van der Waals surface area contributed by atoms with Crippen LogP contribution in [0.1, 0.15) is 58.8 Å². The van der Waals surface area contributed by atoms with Gasteiger partial charge in [0, 0.05) is 28.1 Å². The molecule has 3 rings (SSSR count). The third-order valence-corrected chi connectivity index (χ3v) is 16.9. The molecule has 0 amide bonds. The molecule has 0 saturated carbocycles. The molecule has 0 unspecified atom stereocenters. The van der Waals surface area contributed by atoms with E-state index in [1.807, 2.05) is 17.6 Å². The highest BCUT2D eigenvalue weighted by molar-refractivity contribution is 6.75. The molecule has 1 aromatic heterocycles. The lowest BCUT2D eigenvalue weighted by molar-refractivity contribution is 0.150. The van der Waals surface area contributed by atoms with E-state index in [0.29, 0.717) is 18.0 Å². The van der Waals surface area contributed by atoms with Crippen LogP contribution in [-0.2, 0) is 6.54 Å². The van der Waals surface area contributed by atoms with Crippen LogP contribution >= 0.6 is 0 Å². The molecule has 0 spiro atoms. The summed E-state index contributed by atoms with van der Waals surface area (Å²) in [5.41, 5.74) is 11.7. The molecule has 0 bridgehead atoms. The van der Waals surface area contributed by atoms with Crippen molar-refractivity contribution in [1.82, 2.24) is 4.57 Å². The Kier molecular flexibility index (Phi) is 6.87. The Morgan fingerprint density at radius 1 is 1.00 bits per heavy atom. The van der Waals surface area contributed by atoms with Gasteiger partial charge in [0.15, 0.2) is 11.5 Å². The number of aliphatic hydroxyl groups is 1. The van der Waals surface area contributed by atoms with Gasteiger partial charge in [-0.05, 0) is 54.8 Å². The molecule has 0 aliphatic carbocycles. The fourth-order valence-corrected chi connectivity index (χ4v) is 6.05. The number of azide groups is 1. The second-order valence-electron chi connectivity index (χ2n) is 12.7.